The van der Waals surface area contributed by atoms with E-state index >= 15 is 0 Å². The molecule has 0 aliphatic carbocycles. The molecule has 90 valence electrons. The number of ether oxygens (including phenoxy) is 2. The summed E-state index contributed by atoms with van der Waals surface area (Å²) in [4.78, 5) is 4.23. The Morgan fingerprint density at radius 1 is 1.71 bits per heavy atom. The average molecular weight is 297 g/mol. The van der Waals surface area contributed by atoms with Crippen LogP contribution in [-0.2, 0) is 10.2 Å². The van der Waals surface area contributed by atoms with E-state index in [4.69, 9.17) is 9.47 Å². The van der Waals surface area contributed by atoms with Crippen molar-refractivity contribution >= 4 is 15.9 Å². The summed E-state index contributed by atoms with van der Waals surface area (Å²) in [5.41, 5.74) is 0.190. The molecule has 17 heavy (non-hydrogen) atoms. The maximum Gasteiger partial charge on any atom is 0.218 e. The first kappa shape index (κ1) is 12.3. The molecule has 5 heteroatoms. The first-order chi connectivity index (χ1) is 8.22. The lowest BCUT2D eigenvalue weighted by Gasteiger charge is -2.21. The van der Waals surface area contributed by atoms with Gasteiger partial charge in [-0.3, -0.25) is 0 Å². The van der Waals surface area contributed by atoms with Gasteiger partial charge in [0.05, 0.1) is 19.3 Å². The quantitative estimate of drug-likeness (QED) is 0.860. The zero-order valence-corrected chi connectivity index (χ0v) is 11.2. The number of nitrogens with zero attached hydrogens (tertiary/aromatic N) is 2. The van der Waals surface area contributed by atoms with Crippen molar-refractivity contribution in [2.75, 3.05) is 19.8 Å². The molecule has 1 aromatic heterocycles. The summed E-state index contributed by atoms with van der Waals surface area (Å²) < 4.78 is 11.7. The van der Waals surface area contributed by atoms with Crippen LogP contribution >= 0.6 is 15.9 Å². The first-order valence-corrected chi connectivity index (χ1v) is 6.29. The number of pyridine rings is 1. The normalized spacial score (nSPS) is 23.4. The van der Waals surface area contributed by atoms with E-state index < -0.39 is 5.41 Å². The number of hydrogen-bond acceptors (Lipinski definition) is 4. The molecule has 1 fully saturated rings. The summed E-state index contributed by atoms with van der Waals surface area (Å²) in [6.45, 7) is 3.44. The molecule has 0 saturated carbocycles. The molecule has 0 unspecified atom stereocenters. The maximum absolute atomic E-state index is 9.42. The molecular formula is C12H13BrN2O2. The minimum atomic E-state index is -0.624. The van der Waals surface area contributed by atoms with Gasteiger partial charge in [0.2, 0.25) is 5.88 Å². The molecule has 4 nitrogen and oxygen atoms in total. The van der Waals surface area contributed by atoms with Crippen LogP contribution in [0.5, 0.6) is 5.88 Å². The van der Waals surface area contributed by atoms with E-state index in [0.717, 1.165) is 10.0 Å². The first-order valence-electron chi connectivity index (χ1n) is 5.49. The van der Waals surface area contributed by atoms with Gasteiger partial charge in [0.1, 0.15) is 5.41 Å². The van der Waals surface area contributed by atoms with Crippen LogP contribution in [0, 0.1) is 11.3 Å². The number of hydrogen-bond donors (Lipinski definition) is 0. The number of halogens is 1. The van der Waals surface area contributed by atoms with Crippen LogP contribution in [-0.4, -0.2) is 24.8 Å². The monoisotopic (exact) mass is 296 g/mol. The Balaban J connectivity index is 2.48. The fourth-order valence-electron chi connectivity index (χ4n) is 1.95. The lowest BCUT2D eigenvalue weighted by atomic mass is 9.82. The Hall–Kier alpha value is -1.12. The molecule has 2 heterocycles. The van der Waals surface area contributed by atoms with Gasteiger partial charge in [0.25, 0.3) is 0 Å². The van der Waals surface area contributed by atoms with Crippen molar-refractivity contribution < 1.29 is 9.47 Å². The third-order valence-electron chi connectivity index (χ3n) is 2.85. The van der Waals surface area contributed by atoms with Crippen LogP contribution in [0.3, 0.4) is 0 Å². The van der Waals surface area contributed by atoms with E-state index in [1.54, 1.807) is 6.20 Å². The highest BCUT2D eigenvalue weighted by Crippen LogP contribution is 2.38. The summed E-state index contributed by atoms with van der Waals surface area (Å²) in [5, 5.41) is 9.42. The van der Waals surface area contributed by atoms with Crippen molar-refractivity contribution in [3.63, 3.8) is 0 Å². The van der Waals surface area contributed by atoms with Crippen molar-refractivity contribution in [1.82, 2.24) is 4.98 Å². The van der Waals surface area contributed by atoms with Gasteiger partial charge < -0.3 is 9.47 Å². The molecule has 2 rings (SSSR count). The minimum absolute atomic E-state index is 0.404. The van der Waals surface area contributed by atoms with Crippen LogP contribution in [0.4, 0.5) is 0 Å². The Morgan fingerprint density at radius 2 is 2.53 bits per heavy atom. The molecule has 0 spiro atoms. The van der Waals surface area contributed by atoms with Crippen LogP contribution in [0.25, 0.3) is 0 Å². The van der Waals surface area contributed by atoms with Gasteiger partial charge in [-0.1, -0.05) is 0 Å². The van der Waals surface area contributed by atoms with Crippen molar-refractivity contribution in [1.29, 1.82) is 5.26 Å². The van der Waals surface area contributed by atoms with E-state index in [1.165, 1.54) is 0 Å². The molecule has 1 saturated heterocycles. The fraction of sp³-hybridized carbons (Fsp3) is 0.500. The molecule has 0 aromatic carbocycles. The van der Waals surface area contributed by atoms with Gasteiger partial charge in [0, 0.05) is 22.8 Å². The largest absolute Gasteiger partial charge is 0.478 e. The second-order valence-corrected chi connectivity index (χ2v) is 4.85. The predicted octanol–water partition coefficient (Wildman–Crippen LogP) is 2.42. The Labute approximate surface area is 109 Å². The van der Waals surface area contributed by atoms with Gasteiger partial charge in [-0.2, -0.15) is 5.26 Å². The van der Waals surface area contributed by atoms with E-state index in [-0.39, 0.29) is 0 Å². The Morgan fingerprint density at radius 3 is 3.12 bits per heavy atom. The van der Waals surface area contributed by atoms with Gasteiger partial charge in [-0.05, 0) is 35.3 Å². The summed E-state index contributed by atoms with van der Waals surface area (Å²) in [6.07, 6.45) is 2.36. The minimum Gasteiger partial charge on any atom is -0.478 e. The van der Waals surface area contributed by atoms with Crippen molar-refractivity contribution in [3.8, 4) is 11.9 Å². The maximum atomic E-state index is 9.42. The summed E-state index contributed by atoms with van der Waals surface area (Å²) in [5.74, 6) is 0.530. The molecular weight excluding hydrogens is 284 g/mol. The van der Waals surface area contributed by atoms with E-state index in [1.807, 2.05) is 13.0 Å². The molecule has 1 aromatic rings. The highest BCUT2D eigenvalue weighted by Gasteiger charge is 2.40. The smallest absolute Gasteiger partial charge is 0.218 e. The van der Waals surface area contributed by atoms with Crippen molar-refractivity contribution in [2.24, 2.45) is 0 Å². The second-order valence-electron chi connectivity index (χ2n) is 3.94. The van der Waals surface area contributed by atoms with Gasteiger partial charge >= 0.3 is 0 Å². The number of rotatable bonds is 3. The zero-order chi connectivity index (χ0) is 12.3. The summed E-state index contributed by atoms with van der Waals surface area (Å²) >= 11 is 3.38. The SMILES string of the molecule is CCOc1ncc(Br)cc1[C@@]1(C#N)CCOC1. The lowest BCUT2D eigenvalue weighted by Crippen LogP contribution is -2.25. The molecule has 0 N–H and O–H groups in total. The zero-order valence-electron chi connectivity index (χ0n) is 9.57. The molecule has 1 aliphatic heterocycles. The number of aromatic nitrogens is 1. The van der Waals surface area contributed by atoms with E-state index in [2.05, 4.69) is 27.0 Å². The third kappa shape index (κ3) is 2.28. The van der Waals surface area contributed by atoms with Crippen LogP contribution in [0.15, 0.2) is 16.7 Å². The van der Waals surface area contributed by atoms with Gasteiger partial charge in [0.15, 0.2) is 0 Å². The molecule has 0 amide bonds. The third-order valence-corrected chi connectivity index (χ3v) is 3.28. The standard InChI is InChI=1S/C12H13BrN2O2/c1-2-17-11-10(5-9(13)6-15-11)12(7-14)3-4-16-8-12/h5-6H,2-4,8H2,1H3/t12-/m1/s1. The molecule has 1 aliphatic rings. The number of nitriles is 1. The average Bonchev–Trinajstić information content (AvgIpc) is 2.81. The highest BCUT2D eigenvalue weighted by molar-refractivity contribution is 9.10. The second kappa shape index (κ2) is 5.03. The van der Waals surface area contributed by atoms with Crippen LogP contribution in [0.1, 0.15) is 18.9 Å². The van der Waals surface area contributed by atoms with E-state index in [0.29, 0.717) is 32.1 Å². The lowest BCUT2D eigenvalue weighted by molar-refractivity contribution is 0.185. The molecule has 0 bridgehead atoms. The van der Waals surface area contributed by atoms with Crippen LogP contribution < -0.4 is 4.74 Å². The van der Waals surface area contributed by atoms with Crippen molar-refractivity contribution in [3.05, 3.63) is 22.3 Å². The molecule has 0 radical (unpaired) electrons. The summed E-state index contributed by atoms with van der Waals surface area (Å²) in [6, 6.07) is 4.25. The van der Waals surface area contributed by atoms with E-state index in [9.17, 15) is 5.26 Å². The predicted molar refractivity (Wildman–Crippen MR) is 65.8 cm³/mol. The Kier molecular flexibility index (Phi) is 3.65. The fourth-order valence-corrected chi connectivity index (χ4v) is 2.28. The topological polar surface area (TPSA) is 55.1 Å². The summed E-state index contributed by atoms with van der Waals surface area (Å²) in [7, 11) is 0. The van der Waals surface area contributed by atoms with Gasteiger partial charge in [-0.25, -0.2) is 4.98 Å². The van der Waals surface area contributed by atoms with Crippen molar-refractivity contribution in [2.45, 2.75) is 18.8 Å². The highest BCUT2D eigenvalue weighted by atomic mass is 79.9. The van der Waals surface area contributed by atoms with Gasteiger partial charge in [-0.15, -0.1) is 0 Å². The molecule has 1 atom stereocenters. The van der Waals surface area contributed by atoms with Crippen LogP contribution in [0.2, 0.25) is 0 Å². The Bertz CT molecular complexity index is 450.